The van der Waals surface area contributed by atoms with Crippen LogP contribution >= 0.6 is 0 Å². The molecule has 1 saturated heterocycles. The van der Waals surface area contributed by atoms with E-state index in [1.165, 1.54) is 4.90 Å². The maximum atomic E-state index is 12.7. The molecular formula is C14H18N4O3. The molecule has 0 radical (unpaired) electrons. The molecule has 3 amide bonds. The lowest BCUT2D eigenvalue weighted by molar-refractivity contribution is -0.143. The molecule has 0 aromatic carbocycles. The van der Waals surface area contributed by atoms with Crippen molar-refractivity contribution in [1.82, 2.24) is 15.2 Å². The molecule has 0 spiro atoms. The van der Waals surface area contributed by atoms with Crippen molar-refractivity contribution in [2.24, 2.45) is 0 Å². The van der Waals surface area contributed by atoms with Crippen molar-refractivity contribution in [2.75, 3.05) is 18.9 Å². The van der Waals surface area contributed by atoms with Gasteiger partial charge in [0.05, 0.1) is 0 Å². The predicted octanol–water partition coefficient (Wildman–Crippen LogP) is 0.309. The third-order valence-electron chi connectivity index (χ3n) is 3.49. The van der Waals surface area contributed by atoms with Gasteiger partial charge in [0, 0.05) is 18.3 Å². The normalized spacial score (nSPS) is 17.4. The Bertz CT molecular complexity index is 625. The van der Waals surface area contributed by atoms with Crippen molar-refractivity contribution < 1.29 is 14.4 Å². The molecular weight excluding hydrogens is 272 g/mol. The third kappa shape index (κ3) is 2.72. The monoisotopic (exact) mass is 290 g/mol. The summed E-state index contributed by atoms with van der Waals surface area (Å²) in [7, 11) is 1.71. The number of hydrogen-bond acceptors (Lipinski definition) is 5. The minimum absolute atomic E-state index is 0.145. The van der Waals surface area contributed by atoms with Crippen LogP contribution in [0.25, 0.3) is 0 Å². The zero-order chi connectivity index (χ0) is 15.8. The highest BCUT2D eigenvalue weighted by atomic mass is 16.2. The molecule has 0 bridgehead atoms. The Hall–Kier alpha value is -2.44. The Kier molecular flexibility index (Phi) is 3.67. The van der Waals surface area contributed by atoms with E-state index >= 15 is 0 Å². The first-order valence-electron chi connectivity index (χ1n) is 6.58. The third-order valence-corrected chi connectivity index (χ3v) is 3.49. The molecule has 7 heteroatoms. The quantitative estimate of drug-likeness (QED) is 0.765. The maximum Gasteiger partial charge on any atom is 0.255 e. The lowest BCUT2D eigenvalue weighted by Crippen LogP contribution is -2.65. The van der Waals surface area contributed by atoms with Crippen LogP contribution in [0.15, 0.2) is 12.1 Å². The van der Waals surface area contributed by atoms with Crippen LogP contribution in [0.4, 0.5) is 5.82 Å². The van der Waals surface area contributed by atoms with Gasteiger partial charge in [-0.1, -0.05) is 0 Å². The van der Waals surface area contributed by atoms with E-state index in [9.17, 15) is 14.4 Å². The van der Waals surface area contributed by atoms with Gasteiger partial charge in [0.1, 0.15) is 17.9 Å². The fraction of sp³-hybridized carbons (Fsp3) is 0.429. The number of aromatic nitrogens is 1. The second kappa shape index (κ2) is 5.16. The highest BCUT2D eigenvalue weighted by Crippen LogP contribution is 2.22. The van der Waals surface area contributed by atoms with Gasteiger partial charge in [-0.15, -0.1) is 0 Å². The number of piperazine rings is 1. The highest BCUT2D eigenvalue weighted by Gasteiger charge is 2.43. The fourth-order valence-corrected chi connectivity index (χ4v) is 2.18. The van der Waals surface area contributed by atoms with Crippen molar-refractivity contribution in [3.8, 4) is 0 Å². The van der Waals surface area contributed by atoms with Crippen LogP contribution in [0.5, 0.6) is 0 Å². The molecule has 1 aliphatic rings. The molecule has 1 aliphatic heterocycles. The molecule has 1 aromatic rings. The largest absolute Gasteiger partial charge is 0.373 e. The molecule has 2 rings (SSSR count). The fourth-order valence-electron chi connectivity index (χ4n) is 2.18. The molecule has 112 valence electrons. The van der Waals surface area contributed by atoms with Crippen LogP contribution in [-0.2, 0) is 9.59 Å². The SMILES string of the molecule is CNc1cc(C(=O)N2CC(=O)NC(=O)C2(C)C)cc(C)n1. The van der Waals surface area contributed by atoms with E-state index in [0.717, 1.165) is 0 Å². The van der Waals surface area contributed by atoms with Gasteiger partial charge in [0.25, 0.3) is 11.8 Å². The topological polar surface area (TPSA) is 91.4 Å². The van der Waals surface area contributed by atoms with E-state index in [-0.39, 0.29) is 12.5 Å². The van der Waals surface area contributed by atoms with Crippen LogP contribution in [0.3, 0.4) is 0 Å². The van der Waals surface area contributed by atoms with Crippen LogP contribution in [-0.4, -0.2) is 46.7 Å². The van der Waals surface area contributed by atoms with E-state index in [0.29, 0.717) is 17.1 Å². The zero-order valence-electron chi connectivity index (χ0n) is 12.5. The number of aryl methyl sites for hydroxylation is 1. The van der Waals surface area contributed by atoms with Crippen molar-refractivity contribution in [3.05, 3.63) is 23.4 Å². The van der Waals surface area contributed by atoms with Gasteiger partial charge in [0.15, 0.2) is 0 Å². The minimum atomic E-state index is -1.08. The number of amides is 3. The van der Waals surface area contributed by atoms with Gasteiger partial charge in [-0.05, 0) is 32.9 Å². The Morgan fingerprint density at radius 1 is 1.38 bits per heavy atom. The summed E-state index contributed by atoms with van der Waals surface area (Å²) in [6.07, 6.45) is 0. The average Bonchev–Trinajstić information content (AvgIpc) is 2.41. The summed E-state index contributed by atoms with van der Waals surface area (Å²) in [5.74, 6) is -0.770. The van der Waals surface area contributed by atoms with Gasteiger partial charge in [-0.25, -0.2) is 4.98 Å². The van der Waals surface area contributed by atoms with Crippen LogP contribution < -0.4 is 10.6 Å². The number of carbonyl (C=O) groups is 3. The molecule has 1 fully saturated rings. The molecule has 1 aromatic heterocycles. The minimum Gasteiger partial charge on any atom is -0.373 e. The number of nitrogens with one attached hydrogen (secondary N) is 2. The van der Waals surface area contributed by atoms with E-state index in [1.54, 1.807) is 40.0 Å². The number of rotatable bonds is 2. The molecule has 0 atom stereocenters. The molecule has 0 aliphatic carbocycles. The summed E-state index contributed by atoms with van der Waals surface area (Å²) < 4.78 is 0. The molecule has 7 nitrogen and oxygen atoms in total. The van der Waals surface area contributed by atoms with E-state index in [2.05, 4.69) is 15.6 Å². The van der Waals surface area contributed by atoms with E-state index in [4.69, 9.17) is 0 Å². The van der Waals surface area contributed by atoms with Crippen molar-refractivity contribution in [1.29, 1.82) is 0 Å². The Labute approximate surface area is 122 Å². The van der Waals surface area contributed by atoms with Crippen LogP contribution in [0.1, 0.15) is 29.9 Å². The number of nitrogens with zero attached hydrogens (tertiary/aromatic N) is 2. The van der Waals surface area contributed by atoms with E-state index < -0.39 is 17.4 Å². The molecule has 0 unspecified atom stereocenters. The summed E-state index contributed by atoms with van der Waals surface area (Å²) in [4.78, 5) is 41.6. The van der Waals surface area contributed by atoms with Crippen LogP contribution in [0, 0.1) is 6.92 Å². The van der Waals surface area contributed by atoms with Crippen molar-refractivity contribution in [3.63, 3.8) is 0 Å². The Morgan fingerprint density at radius 2 is 2.05 bits per heavy atom. The Morgan fingerprint density at radius 3 is 2.67 bits per heavy atom. The van der Waals surface area contributed by atoms with Crippen LogP contribution in [0.2, 0.25) is 0 Å². The number of imide groups is 1. The summed E-state index contributed by atoms with van der Waals surface area (Å²) >= 11 is 0. The number of anilines is 1. The van der Waals surface area contributed by atoms with Gasteiger partial charge in [-0.3, -0.25) is 19.7 Å². The zero-order valence-corrected chi connectivity index (χ0v) is 12.5. The molecule has 2 N–H and O–H groups in total. The number of carbonyl (C=O) groups excluding carboxylic acids is 3. The Balaban J connectivity index is 2.40. The van der Waals surface area contributed by atoms with Crippen molar-refractivity contribution >= 4 is 23.5 Å². The van der Waals surface area contributed by atoms with Gasteiger partial charge < -0.3 is 10.2 Å². The van der Waals surface area contributed by atoms with Gasteiger partial charge in [0.2, 0.25) is 5.91 Å². The summed E-state index contributed by atoms with van der Waals surface area (Å²) in [6.45, 7) is 4.85. The molecule has 0 saturated carbocycles. The lowest BCUT2D eigenvalue weighted by atomic mass is 9.97. The summed E-state index contributed by atoms with van der Waals surface area (Å²) in [6, 6.07) is 3.23. The second-order valence-corrected chi connectivity index (χ2v) is 5.46. The number of hydrogen-bond donors (Lipinski definition) is 2. The summed E-state index contributed by atoms with van der Waals surface area (Å²) in [5, 5.41) is 5.12. The first-order valence-corrected chi connectivity index (χ1v) is 6.58. The molecule has 21 heavy (non-hydrogen) atoms. The highest BCUT2D eigenvalue weighted by molar-refractivity contribution is 6.09. The molecule has 2 heterocycles. The lowest BCUT2D eigenvalue weighted by Gasteiger charge is -2.40. The van der Waals surface area contributed by atoms with Crippen molar-refractivity contribution in [2.45, 2.75) is 26.3 Å². The van der Waals surface area contributed by atoms with Gasteiger partial charge >= 0.3 is 0 Å². The first kappa shape index (κ1) is 15.0. The summed E-state index contributed by atoms with van der Waals surface area (Å²) in [5.41, 5.74) is -0.0136. The predicted molar refractivity (Wildman–Crippen MR) is 76.8 cm³/mol. The first-order chi connectivity index (χ1) is 9.75. The average molecular weight is 290 g/mol. The van der Waals surface area contributed by atoms with E-state index in [1.807, 2.05) is 0 Å². The van der Waals surface area contributed by atoms with Gasteiger partial charge in [-0.2, -0.15) is 0 Å². The smallest absolute Gasteiger partial charge is 0.255 e. The number of pyridine rings is 1. The maximum absolute atomic E-state index is 12.7. The standard InChI is InChI=1S/C14H18N4O3/c1-8-5-9(6-10(15-4)16-8)12(20)18-7-11(19)17-13(21)14(18,2)3/h5-6H,7H2,1-4H3,(H,15,16)(H,17,19,21). The second-order valence-electron chi connectivity index (χ2n) is 5.46.